The lowest BCUT2D eigenvalue weighted by atomic mass is 9.90. The van der Waals surface area contributed by atoms with Crippen LogP contribution in [-0.4, -0.2) is 26.2 Å². The van der Waals surface area contributed by atoms with E-state index in [1.165, 1.54) is 30.2 Å². The zero-order valence-electron chi connectivity index (χ0n) is 12.6. The van der Waals surface area contributed by atoms with Gasteiger partial charge in [0.1, 0.15) is 6.10 Å². The van der Waals surface area contributed by atoms with Gasteiger partial charge in [0, 0.05) is 26.7 Å². The Bertz CT molecular complexity index is 488. The second-order valence-electron chi connectivity index (χ2n) is 5.55. The molecule has 1 saturated carbocycles. The van der Waals surface area contributed by atoms with Crippen LogP contribution in [0.5, 0.6) is 0 Å². The molecule has 1 aliphatic rings. The summed E-state index contributed by atoms with van der Waals surface area (Å²) < 4.78 is 5.42. The number of carbonyl (C=O) groups excluding carboxylic acids is 1. The molecule has 20 heavy (non-hydrogen) atoms. The molecule has 0 aromatic heterocycles. The van der Waals surface area contributed by atoms with E-state index in [2.05, 4.69) is 35.2 Å². The monoisotopic (exact) mass is 273 g/mol. The maximum absolute atomic E-state index is 11.2. The highest BCUT2D eigenvalue weighted by Gasteiger charge is 2.21. The topological polar surface area (TPSA) is 29.5 Å². The highest BCUT2D eigenvalue weighted by Crippen LogP contribution is 2.28. The van der Waals surface area contributed by atoms with Crippen LogP contribution in [0, 0.1) is 0 Å². The standard InChI is InChI=1S/C17H23NO2/c1-13(19)20-17-7-5-4-6-15(17)12-14-8-10-16(11-9-14)18(2)3/h8-12,17H,4-7H2,1-3H3/b15-12+. The van der Waals surface area contributed by atoms with Crippen LogP contribution >= 0.6 is 0 Å². The van der Waals surface area contributed by atoms with Crippen LogP contribution in [0.15, 0.2) is 29.8 Å². The van der Waals surface area contributed by atoms with Crippen LogP contribution in [0.4, 0.5) is 5.69 Å². The molecule has 0 bridgehead atoms. The van der Waals surface area contributed by atoms with Gasteiger partial charge >= 0.3 is 5.97 Å². The highest BCUT2D eigenvalue weighted by molar-refractivity contribution is 5.67. The Labute approximate surface area is 121 Å². The van der Waals surface area contributed by atoms with Crippen molar-refractivity contribution in [1.82, 2.24) is 0 Å². The molecule has 1 aliphatic carbocycles. The number of rotatable bonds is 3. The van der Waals surface area contributed by atoms with Gasteiger partial charge in [-0.25, -0.2) is 0 Å². The molecule has 1 fully saturated rings. The fourth-order valence-electron chi connectivity index (χ4n) is 2.59. The Kier molecular flexibility index (Phi) is 4.83. The molecule has 1 unspecified atom stereocenters. The van der Waals surface area contributed by atoms with Crippen molar-refractivity contribution >= 4 is 17.7 Å². The first kappa shape index (κ1) is 14.6. The summed E-state index contributed by atoms with van der Waals surface area (Å²) in [6, 6.07) is 8.44. The first-order valence-electron chi connectivity index (χ1n) is 7.21. The molecule has 2 rings (SSSR count). The molecule has 0 amide bonds. The average molecular weight is 273 g/mol. The van der Waals surface area contributed by atoms with E-state index < -0.39 is 0 Å². The van der Waals surface area contributed by atoms with Crippen molar-refractivity contribution in [3.05, 3.63) is 35.4 Å². The molecule has 1 aromatic rings. The van der Waals surface area contributed by atoms with Crippen LogP contribution in [0.3, 0.4) is 0 Å². The number of carbonyl (C=O) groups is 1. The summed E-state index contributed by atoms with van der Waals surface area (Å²) in [6.45, 7) is 1.48. The second kappa shape index (κ2) is 6.60. The number of hydrogen-bond acceptors (Lipinski definition) is 3. The molecular formula is C17H23NO2. The molecule has 0 saturated heterocycles. The number of nitrogens with zero attached hydrogens (tertiary/aromatic N) is 1. The van der Waals surface area contributed by atoms with E-state index in [-0.39, 0.29) is 12.1 Å². The van der Waals surface area contributed by atoms with Crippen molar-refractivity contribution in [3.8, 4) is 0 Å². The fraction of sp³-hybridized carbons (Fsp3) is 0.471. The Balaban J connectivity index is 2.16. The maximum atomic E-state index is 11.2. The molecule has 1 aromatic carbocycles. The molecule has 3 nitrogen and oxygen atoms in total. The Morgan fingerprint density at radius 3 is 2.55 bits per heavy atom. The predicted molar refractivity (Wildman–Crippen MR) is 82.8 cm³/mol. The first-order valence-corrected chi connectivity index (χ1v) is 7.21. The molecular weight excluding hydrogens is 250 g/mol. The van der Waals surface area contributed by atoms with E-state index >= 15 is 0 Å². The summed E-state index contributed by atoms with van der Waals surface area (Å²) in [6.07, 6.45) is 6.42. The molecule has 0 aliphatic heterocycles. The van der Waals surface area contributed by atoms with Crippen molar-refractivity contribution in [2.24, 2.45) is 0 Å². The third-order valence-corrected chi connectivity index (χ3v) is 3.67. The first-order chi connectivity index (χ1) is 9.56. The quantitative estimate of drug-likeness (QED) is 0.787. The normalized spacial score (nSPS) is 20.8. The molecule has 0 spiro atoms. The number of benzene rings is 1. The summed E-state index contributed by atoms with van der Waals surface area (Å²) in [5, 5.41) is 0. The molecule has 0 radical (unpaired) electrons. The van der Waals surface area contributed by atoms with Gasteiger partial charge in [-0.1, -0.05) is 18.2 Å². The van der Waals surface area contributed by atoms with Gasteiger partial charge in [0.05, 0.1) is 0 Å². The minimum absolute atomic E-state index is 0.0326. The summed E-state index contributed by atoms with van der Waals surface area (Å²) in [4.78, 5) is 13.3. The lowest BCUT2D eigenvalue weighted by molar-refractivity contribution is -0.145. The minimum atomic E-state index is -0.189. The van der Waals surface area contributed by atoms with Gasteiger partial charge in [-0.05, 0) is 49.0 Å². The SMILES string of the molecule is CC(=O)OC1CCCC/C1=C\c1ccc(N(C)C)cc1. The van der Waals surface area contributed by atoms with Crippen molar-refractivity contribution in [1.29, 1.82) is 0 Å². The number of anilines is 1. The van der Waals surface area contributed by atoms with Crippen molar-refractivity contribution in [2.45, 2.75) is 38.7 Å². The zero-order valence-corrected chi connectivity index (χ0v) is 12.6. The predicted octanol–water partition coefficient (Wildman–Crippen LogP) is 3.64. The summed E-state index contributed by atoms with van der Waals surface area (Å²) in [5.74, 6) is -0.189. The Morgan fingerprint density at radius 2 is 1.95 bits per heavy atom. The van der Waals surface area contributed by atoms with E-state index in [1.54, 1.807) is 0 Å². The number of hydrogen-bond donors (Lipinski definition) is 0. The van der Waals surface area contributed by atoms with Gasteiger partial charge < -0.3 is 9.64 Å². The fourth-order valence-corrected chi connectivity index (χ4v) is 2.59. The third kappa shape index (κ3) is 3.86. The van der Waals surface area contributed by atoms with Crippen molar-refractivity contribution in [2.75, 3.05) is 19.0 Å². The summed E-state index contributed by atoms with van der Waals surface area (Å²) in [7, 11) is 4.07. The maximum Gasteiger partial charge on any atom is 0.303 e. The highest BCUT2D eigenvalue weighted by atomic mass is 16.5. The van der Waals surface area contributed by atoms with Crippen LogP contribution in [0.25, 0.3) is 6.08 Å². The largest absolute Gasteiger partial charge is 0.458 e. The van der Waals surface area contributed by atoms with Gasteiger partial charge in [0.15, 0.2) is 0 Å². The van der Waals surface area contributed by atoms with Crippen LogP contribution in [0.2, 0.25) is 0 Å². The number of esters is 1. The average Bonchev–Trinajstić information content (AvgIpc) is 2.41. The smallest absolute Gasteiger partial charge is 0.303 e. The van der Waals surface area contributed by atoms with Gasteiger partial charge in [0.2, 0.25) is 0 Å². The van der Waals surface area contributed by atoms with Crippen molar-refractivity contribution < 1.29 is 9.53 Å². The van der Waals surface area contributed by atoms with Crippen molar-refractivity contribution in [3.63, 3.8) is 0 Å². The van der Waals surface area contributed by atoms with Gasteiger partial charge in [-0.2, -0.15) is 0 Å². The summed E-state index contributed by atoms with van der Waals surface area (Å²) >= 11 is 0. The van der Waals surface area contributed by atoms with Crippen LogP contribution < -0.4 is 4.90 Å². The van der Waals surface area contributed by atoms with Gasteiger partial charge in [-0.3, -0.25) is 4.79 Å². The zero-order chi connectivity index (χ0) is 14.5. The molecule has 0 N–H and O–H groups in total. The number of ether oxygens (including phenoxy) is 1. The third-order valence-electron chi connectivity index (χ3n) is 3.67. The van der Waals surface area contributed by atoms with E-state index in [4.69, 9.17) is 4.74 Å². The van der Waals surface area contributed by atoms with E-state index in [0.29, 0.717) is 0 Å². The van der Waals surface area contributed by atoms with E-state index in [9.17, 15) is 4.79 Å². The Morgan fingerprint density at radius 1 is 1.25 bits per heavy atom. The molecule has 1 atom stereocenters. The van der Waals surface area contributed by atoms with Gasteiger partial charge in [-0.15, -0.1) is 0 Å². The van der Waals surface area contributed by atoms with E-state index in [0.717, 1.165) is 19.3 Å². The van der Waals surface area contributed by atoms with E-state index in [1.807, 2.05) is 14.1 Å². The molecule has 0 heterocycles. The molecule has 108 valence electrons. The second-order valence-corrected chi connectivity index (χ2v) is 5.55. The summed E-state index contributed by atoms with van der Waals surface area (Å²) in [5.41, 5.74) is 3.60. The van der Waals surface area contributed by atoms with Gasteiger partial charge in [0.25, 0.3) is 0 Å². The van der Waals surface area contributed by atoms with Crippen LogP contribution in [0.1, 0.15) is 38.2 Å². The lowest BCUT2D eigenvalue weighted by Gasteiger charge is -2.25. The molecule has 3 heteroatoms. The van der Waals surface area contributed by atoms with Crippen LogP contribution in [-0.2, 0) is 9.53 Å². The minimum Gasteiger partial charge on any atom is -0.458 e. The lowest BCUT2D eigenvalue weighted by Crippen LogP contribution is -2.22. The Hall–Kier alpha value is -1.77.